The van der Waals surface area contributed by atoms with Crippen LogP contribution in [0.3, 0.4) is 0 Å². The van der Waals surface area contributed by atoms with Gasteiger partial charge in [-0.25, -0.2) is 0 Å². The van der Waals surface area contributed by atoms with Crippen molar-refractivity contribution in [2.75, 3.05) is 26.4 Å². The Balaban J connectivity index is 1.81. The highest BCUT2D eigenvalue weighted by Gasteiger charge is 2.23. The third-order valence-electron chi connectivity index (χ3n) is 8.60. The van der Waals surface area contributed by atoms with E-state index in [0.29, 0.717) is 52.1 Å². The second-order valence-corrected chi connectivity index (χ2v) is 13.8. The van der Waals surface area contributed by atoms with Crippen LogP contribution in [-0.4, -0.2) is 26.4 Å². The van der Waals surface area contributed by atoms with Crippen molar-refractivity contribution >= 4 is 31.9 Å². The average Bonchev–Trinajstić information content (AvgIpc) is 3.09. The van der Waals surface area contributed by atoms with E-state index in [0.717, 1.165) is 59.3 Å². The van der Waals surface area contributed by atoms with Crippen LogP contribution in [-0.2, 0) is 36.3 Å². The van der Waals surface area contributed by atoms with Gasteiger partial charge in [-0.2, -0.15) is 0 Å². The molecule has 4 nitrogen and oxygen atoms in total. The lowest BCUT2D eigenvalue weighted by atomic mass is 9.90. The van der Waals surface area contributed by atoms with Crippen molar-refractivity contribution in [1.29, 1.82) is 0 Å². The molecule has 0 heterocycles. The first-order valence-electron chi connectivity index (χ1n) is 17.7. The number of rotatable bonds is 14. The summed E-state index contributed by atoms with van der Waals surface area (Å²) in [6, 6.07) is 22.4. The molecular weight excluding hydrogens is 728 g/mol. The minimum absolute atomic E-state index is 0.664. The van der Waals surface area contributed by atoms with E-state index in [4.69, 9.17) is 18.9 Å². The molecule has 0 fully saturated rings. The van der Waals surface area contributed by atoms with E-state index in [1.165, 1.54) is 55.6 Å². The molecular formula is C42H50Br2O4. The molecule has 0 unspecified atom stereocenters. The van der Waals surface area contributed by atoms with Crippen LogP contribution in [0.2, 0.25) is 0 Å². The highest BCUT2D eigenvalue weighted by molar-refractivity contribution is 9.08. The third kappa shape index (κ3) is 8.79. The lowest BCUT2D eigenvalue weighted by Crippen LogP contribution is -2.10. The van der Waals surface area contributed by atoms with Crippen LogP contribution in [0.4, 0.5) is 0 Å². The van der Waals surface area contributed by atoms with Crippen LogP contribution in [0.15, 0.2) is 60.7 Å². The first-order valence-corrected chi connectivity index (χ1v) is 19.9. The first kappa shape index (κ1) is 36.3. The van der Waals surface area contributed by atoms with E-state index in [-0.39, 0.29) is 0 Å². The fraction of sp³-hybridized carbons (Fsp3) is 0.429. The second-order valence-electron chi connectivity index (χ2n) is 12.7. The molecule has 0 N–H and O–H groups in total. The number of benzene rings is 4. The molecule has 0 atom stereocenters. The summed E-state index contributed by atoms with van der Waals surface area (Å²) in [5, 5.41) is 1.54. The summed E-state index contributed by atoms with van der Waals surface area (Å²) in [6.07, 6.45) is 6.62. The van der Waals surface area contributed by atoms with Gasteiger partial charge in [0.15, 0.2) is 0 Å². The van der Waals surface area contributed by atoms with E-state index in [1.54, 1.807) is 0 Å². The molecule has 4 aromatic carbocycles. The molecule has 0 saturated heterocycles. The summed E-state index contributed by atoms with van der Waals surface area (Å²) in [5.41, 5.74) is 11.9. The van der Waals surface area contributed by atoms with Gasteiger partial charge in [-0.1, -0.05) is 120 Å². The zero-order valence-corrected chi connectivity index (χ0v) is 32.2. The predicted octanol–water partition coefficient (Wildman–Crippen LogP) is 11.3. The van der Waals surface area contributed by atoms with Crippen LogP contribution in [0.1, 0.15) is 109 Å². The van der Waals surface area contributed by atoms with E-state index < -0.39 is 0 Å². The molecule has 0 spiro atoms. The summed E-state index contributed by atoms with van der Waals surface area (Å²) >= 11 is 7.55. The summed E-state index contributed by atoms with van der Waals surface area (Å²) < 4.78 is 26.6. The summed E-state index contributed by atoms with van der Waals surface area (Å²) in [4.78, 5) is 0. The number of hydrogen-bond acceptors (Lipinski definition) is 4. The van der Waals surface area contributed by atoms with Crippen LogP contribution in [0.5, 0.6) is 23.0 Å². The molecule has 8 bridgehead atoms. The first-order chi connectivity index (χ1) is 23.5. The molecule has 0 radical (unpaired) electrons. The highest BCUT2D eigenvalue weighted by Crippen LogP contribution is 2.40. The van der Waals surface area contributed by atoms with Crippen LogP contribution in [0.25, 0.3) is 0 Å². The van der Waals surface area contributed by atoms with Gasteiger partial charge in [-0.3, -0.25) is 0 Å². The zero-order chi connectivity index (χ0) is 33.9. The van der Waals surface area contributed by atoms with Crippen LogP contribution >= 0.6 is 31.9 Å². The van der Waals surface area contributed by atoms with E-state index >= 15 is 0 Å². The number of alkyl halides is 2. The Morgan fingerprint density at radius 1 is 0.417 bits per heavy atom. The van der Waals surface area contributed by atoms with Crippen molar-refractivity contribution in [2.45, 2.75) is 89.7 Å². The second kappa shape index (κ2) is 18.2. The van der Waals surface area contributed by atoms with E-state index in [1.807, 2.05) is 0 Å². The van der Waals surface area contributed by atoms with Crippen molar-refractivity contribution in [3.63, 3.8) is 0 Å². The fourth-order valence-electron chi connectivity index (χ4n) is 6.54. The standard InChI is InChI=1S/C42H50Br2O4/c1-5-15-45-39-31-11-9-12-32(39)24-36-20-30(28-44)22-38(42(36)48-18-8-4)26-34-14-10-13-33(40(34)46-16-6-2)25-37-21-29(27-43)19-35(23-31)41(37)47-17-7-3/h9-14,19-22H,5-8,15-18,23-28H2,1-4H3. The highest BCUT2D eigenvalue weighted by atomic mass is 79.9. The maximum atomic E-state index is 6.64. The van der Waals surface area contributed by atoms with Gasteiger partial charge < -0.3 is 18.9 Å². The quantitative estimate of drug-likeness (QED) is 0.105. The number of fused-ring (bicyclic) bond motifs is 8. The summed E-state index contributed by atoms with van der Waals surface area (Å²) in [6.45, 7) is 11.3. The van der Waals surface area contributed by atoms with Gasteiger partial charge in [-0.05, 0) is 81.3 Å². The van der Waals surface area contributed by atoms with Crippen molar-refractivity contribution in [1.82, 2.24) is 0 Å². The van der Waals surface area contributed by atoms with Gasteiger partial charge >= 0.3 is 0 Å². The predicted molar refractivity (Wildman–Crippen MR) is 205 cm³/mol. The van der Waals surface area contributed by atoms with Crippen molar-refractivity contribution < 1.29 is 18.9 Å². The summed E-state index contributed by atoms with van der Waals surface area (Å²) in [7, 11) is 0. The Morgan fingerprint density at radius 2 is 0.667 bits per heavy atom. The number of halogens is 2. The van der Waals surface area contributed by atoms with Crippen LogP contribution in [0, 0.1) is 0 Å². The Bertz CT molecular complexity index is 1450. The van der Waals surface area contributed by atoms with Crippen molar-refractivity contribution in [2.24, 2.45) is 0 Å². The fourth-order valence-corrected chi connectivity index (χ4v) is 7.19. The normalized spacial score (nSPS) is 12.5. The lowest BCUT2D eigenvalue weighted by Gasteiger charge is -2.23. The van der Waals surface area contributed by atoms with E-state index in [2.05, 4.69) is 120 Å². The van der Waals surface area contributed by atoms with Gasteiger partial charge in [0.25, 0.3) is 0 Å². The average molecular weight is 779 g/mol. The Hall–Kier alpha value is -2.96. The van der Waals surface area contributed by atoms with Gasteiger partial charge in [0.05, 0.1) is 26.4 Å². The molecule has 5 rings (SSSR count). The molecule has 6 heteroatoms. The van der Waals surface area contributed by atoms with Gasteiger partial charge in [-0.15, -0.1) is 0 Å². The Morgan fingerprint density at radius 3 is 0.896 bits per heavy atom. The number of ether oxygens (including phenoxy) is 4. The Kier molecular flexibility index (Phi) is 13.7. The third-order valence-corrected chi connectivity index (χ3v) is 9.89. The zero-order valence-electron chi connectivity index (χ0n) is 29.1. The molecule has 4 aromatic rings. The summed E-state index contributed by atoms with van der Waals surface area (Å²) in [5.74, 6) is 3.92. The smallest absolute Gasteiger partial charge is 0.126 e. The molecule has 256 valence electrons. The molecule has 1 aliphatic carbocycles. The SMILES string of the molecule is CCCOc1c2cccc1Cc1cc(CBr)cc(c1OCCC)Cc1cccc(c1OCCC)Cc1cc(CBr)cc(c1OCCC)C2. The molecule has 0 aliphatic heterocycles. The topological polar surface area (TPSA) is 36.9 Å². The maximum Gasteiger partial charge on any atom is 0.126 e. The molecule has 48 heavy (non-hydrogen) atoms. The van der Waals surface area contributed by atoms with Gasteiger partial charge in [0.1, 0.15) is 23.0 Å². The molecule has 1 aliphatic rings. The monoisotopic (exact) mass is 776 g/mol. The minimum atomic E-state index is 0.664. The van der Waals surface area contributed by atoms with Crippen molar-refractivity contribution in [3.05, 3.63) is 116 Å². The maximum absolute atomic E-state index is 6.64. The number of para-hydroxylation sites is 2. The van der Waals surface area contributed by atoms with Gasteiger partial charge in [0.2, 0.25) is 0 Å². The largest absolute Gasteiger partial charge is 0.493 e. The molecule has 0 aromatic heterocycles. The number of hydrogen-bond donors (Lipinski definition) is 0. The molecule has 0 amide bonds. The molecule has 0 saturated carbocycles. The Labute approximate surface area is 304 Å². The van der Waals surface area contributed by atoms with Gasteiger partial charge in [0, 0.05) is 36.3 Å². The van der Waals surface area contributed by atoms with Crippen molar-refractivity contribution in [3.8, 4) is 23.0 Å². The van der Waals surface area contributed by atoms with Crippen LogP contribution < -0.4 is 18.9 Å². The lowest BCUT2D eigenvalue weighted by molar-refractivity contribution is 0.304. The minimum Gasteiger partial charge on any atom is -0.493 e. The van der Waals surface area contributed by atoms with E-state index in [9.17, 15) is 0 Å².